The third-order valence-corrected chi connectivity index (χ3v) is 4.44. The van der Waals surface area contributed by atoms with Gasteiger partial charge in [-0.2, -0.15) is 0 Å². The van der Waals surface area contributed by atoms with Crippen LogP contribution in [0.25, 0.3) is 0 Å². The van der Waals surface area contributed by atoms with Gasteiger partial charge in [-0.15, -0.1) is 0 Å². The predicted octanol–water partition coefficient (Wildman–Crippen LogP) is 5.14. The summed E-state index contributed by atoms with van der Waals surface area (Å²) in [7, 11) is 0. The van der Waals surface area contributed by atoms with Gasteiger partial charge in [0, 0.05) is 23.7 Å². The predicted molar refractivity (Wildman–Crippen MR) is 95.6 cm³/mol. The molecular formula is C17H16Cl3NO2. The number of carbonyl (C=O) groups excluding carboxylic acids is 1. The molecule has 6 heteroatoms. The van der Waals surface area contributed by atoms with Gasteiger partial charge in [0.25, 0.3) is 0 Å². The Morgan fingerprint density at radius 2 is 1.74 bits per heavy atom. The minimum atomic E-state index is -0.142. The Bertz CT molecular complexity index is 674. The largest absolute Gasteiger partial charge is 0.396 e. The molecule has 3 nitrogen and oxygen atoms in total. The fourth-order valence-electron chi connectivity index (χ4n) is 2.28. The van der Waals surface area contributed by atoms with Gasteiger partial charge in [-0.1, -0.05) is 40.9 Å². The highest BCUT2D eigenvalue weighted by atomic mass is 35.5. The van der Waals surface area contributed by atoms with Crippen LogP contribution >= 0.6 is 34.8 Å². The van der Waals surface area contributed by atoms with E-state index in [0.29, 0.717) is 27.2 Å². The van der Waals surface area contributed by atoms with Crippen molar-refractivity contribution in [3.05, 3.63) is 63.1 Å². The van der Waals surface area contributed by atoms with E-state index in [9.17, 15) is 9.90 Å². The van der Waals surface area contributed by atoms with Crippen molar-refractivity contribution in [2.24, 2.45) is 0 Å². The maximum Gasteiger partial charge on any atom is 0.224 e. The summed E-state index contributed by atoms with van der Waals surface area (Å²) in [5.41, 5.74) is 1.55. The summed E-state index contributed by atoms with van der Waals surface area (Å²) in [4.78, 5) is 12.2. The van der Waals surface area contributed by atoms with Crippen molar-refractivity contribution in [3.8, 4) is 0 Å². The van der Waals surface area contributed by atoms with Gasteiger partial charge < -0.3 is 10.4 Å². The number of benzene rings is 2. The number of aliphatic hydroxyl groups is 1. The molecule has 0 radical (unpaired) electrons. The molecule has 0 aliphatic carbocycles. The van der Waals surface area contributed by atoms with E-state index in [-0.39, 0.29) is 24.9 Å². The molecule has 0 saturated carbocycles. The molecule has 0 aromatic heterocycles. The zero-order valence-electron chi connectivity index (χ0n) is 12.2. The van der Waals surface area contributed by atoms with Crippen LogP contribution in [-0.2, 0) is 4.79 Å². The molecule has 1 atom stereocenters. The summed E-state index contributed by atoms with van der Waals surface area (Å²) in [6, 6.07) is 12.1. The summed E-state index contributed by atoms with van der Waals surface area (Å²) in [5.74, 6) is -0.279. The lowest BCUT2D eigenvalue weighted by molar-refractivity contribution is -0.116. The Balaban J connectivity index is 2.07. The first-order chi connectivity index (χ1) is 11.0. The summed E-state index contributed by atoms with van der Waals surface area (Å²) >= 11 is 17.8. The van der Waals surface area contributed by atoms with Crippen LogP contribution in [-0.4, -0.2) is 17.6 Å². The number of nitrogens with one attached hydrogen (secondary N) is 1. The van der Waals surface area contributed by atoms with Gasteiger partial charge in [0.2, 0.25) is 5.91 Å². The Hall–Kier alpha value is -1.26. The summed E-state index contributed by atoms with van der Waals surface area (Å²) in [5, 5.41) is 13.6. The van der Waals surface area contributed by atoms with Gasteiger partial charge in [-0.3, -0.25) is 4.79 Å². The summed E-state index contributed by atoms with van der Waals surface area (Å²) in [6.45, 7) is -0.0147. The summed E-state index contributed by atoms with van der Waals surface area (Å²) in [6.07, 6.45) is 0.702. The lowest BCUT2D eigenvalue weighted by atomic mass is 9.92. The Labute approximate surface area is 150 Å². The van der Waals surface area contributed by atoms with Crippen LogP contribution in [0.3, 0.4) is 0 Å². The minimum Gasteiger partial charge on any atom is -0.396 e. The van der Waals surface area contributed by atoms with Crippen LogP contribution in [0.4, 0.5) is 5.69 Å². The smallest absolute Gasteiger partial charge is 0.224 e. The van der Waals surface area contributed by atoms with Gasteiger partial charge in [0.05, 0.1) is 10.0 Å². The first kappa shape index (κ1) is 18.1. The van der Waals surface area contributed by atoms with Gasteiger partial charge in [-0.05, 0) is 54.3 Å². The number of carbonyl (C=O) groups is 1. The fraction of sp³-hybridized carbons (Fsp3) is 0.235. The molecule has 0 fully saturated rings. The third kappa shape index (κ3) is 5.40. The van der Waals surface area contributed by atoms with Crippen molar-refractivity contribution < 1.29 is 9.90 Å². The third-order valence-electron chi connectivity index (χ3n) is 3.45. The first-order valence-corrected chi connectivity index (χ1v) is 8.24. The number of hydrogen-bond donors (Lipinski definition) is 2. The normalized spacial score (nSPS) is 12.0. The van der Waals surface area contributed by atoms with Gasteiger partial charge in [0.1, 0.15) is 0 Å². The zero-order chi connectivity index (χ0) is 16.8. The zero-order valence-corrected chi connectivity index (χ0v) is 14.5. The van der Waals surface area contributed by atoms with Crippen LogP contribution in [0, 0.1) is 0 Å². The number of halogens is 3. The molecule has 0 saturated heterocycles. The molecule has 2 rings (SSSR count). The van der Waals surface area contributed by atoms with Crippen molar-refractivity contribution in [3.63, 3.8) is 0 Å². The molecule has 0 aliphatic heterocycles. The molecule has 23 heavy (non-hydrogen) atoms. The minimum absolute atomic E-state index is 0.0147. The highest BCUT2D eigenvalue weighted by Crippen LogP contribution is 2.30. The lowest BCUT2D eigenvalue weighted by Gasteiger charge is -2.17. The molecule has 0 aliphatic rings. The van der Waals surface area contributed by atoms with Crippen LogP contribution < -0.4 is 5.32 Å². The van der Waals surface area contributed by atoms with E-state index < -0.39 is 0 Å². The van der Waals surface area contributed by atoms with Crippen LogP contribution in [0.5, 0.6) is 0 Å². The van der Waals surface area contributed by atoms with E-state index in [1.807, 2.05) is 6.07 Å². The second-order valence-corrected chi connectivity index (χ2v) is 6.39. The maximum atomic E-state index is 12.2. The molecule has 1 amide bonds. The number of rotatable bonds is 6. The number of anilines is 1. The van der Waals surface area contributed by atoms with Crippen molar-refractivity contribution in [2.45, 2.75) is 18.8 Å². The van der Waals surface area contributed by atoms with Crippen molar-refractivity contribution in [1.29, 1.82) is 0 Å². The Morgan fingerprint density at radius 1 is 1.04 bits per heavy atom. The molecule has 0 bridgehead atoms. The second kappa shape index (κ2) is 8.55. The van der Waals surface area contributed by atoms with Crippen molar-refractivity contribution in [2.75, 3.05) is 11.9 Å². The van der Waals surface area contributed by atoms with E-state index in [1.165, 1.54) is 0 Å². The molecule has 2 aromatic rings. The highest BCUT2D eigenvalue weighted by molar-refractivity contribution is 6.42. The van der Waals surface area contributed by atoms with Crippen LogP contribution in [0.15, 0.2) is 42.5 Å². The molecule has 0 spiro atoms. The van der Waals surface area contributed by atoms with Crippen LogP contribution in [0.2, 0.25) is 15.1 Å². The topological polar surface area (TPSA) is 49.3 Å². The van der Waals surface area contributed by atoms with Gasteiger partial charge in [0.15, 0.2) is 0 Å². The maximum absolute atomic E-state index is 12.2. The molecular weight excluding hydrogens is 357 g/mol. The Morgan fingerprint density at radius 3 is 2.35 bits per heavy atom. The van der Waals surface area contributed by atoms with Gasteiger partial charge in [-0.25, -0.2) is 0 Å². The number of amides is 1. The SMILES string of the molecule is O=C(CC(CCO)c1ccc(Cl)c(Cl)c1)Nc1ccc(Cl)cc1. The lowest BCUT2D eigenvalue weighted by Crippen LogP contribution is -2.16. The standard InChI is InChI=1S/C17H16Cl3NO2/c18-13-2-4-14(5-3-13)21-17(23)10-12(7-8-22)11-1-6-15(19)16(20)9-11/h1-6,9,12,22H,7-8,10H2,(H,21,23). The van der Waals surface area contributed by atoms with E-state index in [4.69, 9.17) is 34.8 Å². The van der Waals surface area contributed by atoms with E-state index in [0.717, 1.165) is 5.56 Å². The first-order valence-electron chi connectivity index (χ1n) is 7.11. The molecule has 2 N–H and O–H groups in total. The summed E-state index contributed by atoms with van der Waals surface area (Å²) < 4.78 is 0. The van der Waals surface area contributed by atoms with Gasteiger partial charge >= 0.3 is 0 Å². The average molecular weight is 373 g/mol. The molecule has 1 unspecified atom stereocenters. The number of hydrogen-bond acceptors (Lipinski definition) is 2. The average Bonchev–Trinajstić information content (AvgIpc) is 2.52. The van der Waals surface area contributed by atoms with E-state index in [2.05, 4.69) is 5.32 Å². The quantitative estimate of drug-likeness (QED) is 0.737. The monoisotopic (exact) mass is 371 g/mol. The van der Waals surface area contributed by atoms with E-state index in [1.54, 1.807) is 36.4 Å². The Kier molecular flexibility index (Phi) is 6.72. The van der Waals surface area contributed by atoms with E-state index >= 15 is 0 Å². The van der Waals surface area contributed by atoms with Crippen LogP contribution in [0.1, 0.15) is 24.3 Å². The molecule has 122 valence electrons. The second-order valence-electron chi connectivity index (χ2n) is 5.14. The fourth-order valence-corrected chi connectivity index (χ4v) is 2.71. The van der Waals surface area contributed by atoms with Crippen molar-refractivity contribution >= 4 is 46.4 Å². The number of aliphatic hydroxyl groups excluding tert-OH is 1. The molecule has 0 heterocycles. The highest BCUT2D eigenvalue weighted by Gasteiger charge is 2.17. The van der Waals surface area contributed by atoms with Crippen molar-refractivity contribution in [1.82, 2.24) is 0 Å². The molecule has 2 aromatic carbocycles.